The predicted molar refractivity (Wildman–Crippen MR) is 143 cm³/mol. The SMILES string of the molecule is COCCCOc1cc(CCC(=O)N=C(N)N)ccc1-c1ccc(S(=O)(=O)N2CCCCC2)cc1.Cl. The van der Waals surface area contributed by atoms with E-state index in [4.69, 9.17) is 20.9 Å². The van der Waals surface area contributed by atoms with Crippen LogP contribution < -0.4 is 16.2 Å². The van der Waals surface area contributed by atoms with E-state index < -0.39 is 10.0 Å². The first-order valence-corrected chi connectivity index (χ1v) is 13.2. The third-order valence-electron chi connectivity index (χ3n) is 5.80. The molecular weight excluding hydrogens is 504 g/mol. The van der Waals surface area contributed by atoms with Gasteiger partial charge in [0.2, 0.25) is 15.9 Å². The number of nitrogens with two attached hydrogens (primary N) is 2. The number of methoxy groups -OCH3 is 1. The highest BCUT2D eigenvalue weighted by molar-refractivity contribution is 7.89. The van der Waals surface area contributed by atoms with E-state index in [1.165, 1.54) is 0 Å². The molecule has 0 saturated carbocycles. The number of ether oxygens (including phenoxy) is 2. The van der Waals surface area contributed by atoms with Gasteiger partial charge in [0.15, 0.2) is 5.96 Å². The molecule has 11 heteroatoms. The maximum Gasteiger partial charge on any atom is 0.249 e. The third-order valence-corrected chi connectivity index (χ3v) is 7.71. The summed E-state index contributed by atoms with van der Waals surface area (Å²) in [6, 6.07) is 12.6. The van der Waals surface area contributed by atoms with Gasteiger partial charge < -0.3 is 20.9 Å². The maximum absolute atomic E-state index is 13.0. The molecule has 1 amide bonds. The predicted octanol–water partition coefficient (Wildman–Crippen LogP) is 3.10. The average Bonchev–Trinajstić information content (AvgIpc) is 2.86. The highest BCUT2D eigenvalue weighted by Crippen LogP contribution is 2.33. The van der Waals surface area contributed by atoms with Crippen LogP contribution in [0.3, 0.4) is 0 Å². The van der Waals surface area contributed by atoms with Crippen molar-refractivity contribution in [3.05, 3.63) is 48.0 Å². The molecule has 0 aliphatic carbocycles. The lowest BCUT2D eigenvalue weighted by atomic mass is 10.0. The zero-order valence-electron chi connectivity index (χ0n) is 20.5. The molecule has 1 aliphatic rings. The number of aliphatic imine (C=N–C) groups is 1. The molecule has 1 fully saturated rings. The topological polar surface area (TPSA) is 137 Å². The maximum atomic E-state index is 13.0. The van der Waals surface area contributed by atoms with Crippen molar-refractivity contribution < 1.29 is 22.7 Å². The molecule has 0 atom stereocenters. The number of nitrogens with zero attached hydrogens (tertiary/aromatic N) is 2. The first kappa shape index (κ1) is 29.6. The summed E-state index contributed by atoms with van der Waals surface area (Å²) in [5, 5.41) is 0. The number of halogens is 1. The summed E-state index contributed by atoms with van der Waals surface area (Å²) >= 11 is 0. The Hall–Kier alpha value is -2.66. The molecule has 2 aromatic carbocycles. The molecule has 4 N–H and O–H groups in total. The Morgan fingerprint density at radius 3 is 2.36 bits per heavy atom. The van der Waals surface area contributed by atoms with Crippen LogP contribution in [0, 0.1) is 0 Å². The van der Waals surface area contributed by atoms with E-state index in [0.29, 0.717) is 43.4 Å². The summed E-state index contributed by atoms with van der Waals surface area (Å²) in [5.41, 5.74) is 13.1. The van der Waals surface area contributed by atoms with Crippen molar-refractivity contribution in [1.29, 1.82) is 0 Å². The Bertz CT molecular complexity index is 1130. The Kier molecular flexibility index (Phi) is 11.6. The molecule has 0 bridgehead atoms. The van der Waals surface area contributed by atoms with Crippen LogP contribution in [0.1, 0.15) is 37.7 Å². The largest absolute Gasteiger partial charge is 0.493 e. The van der Waals surface area contributed by atoms with Crippen LogP contribution in [0.5, 0.6) is 5.75 Å². The van der Waals surface area contributed by atoms with Gasteiger partial charge in [0.1, 0.15) is 5.75 Å². The zero-order chi connectivity index (χ0) is 25.3. The average molecular weight is 539 g/mol. The number of carbonyl (C=O) groups is 1. The molecule has 9 nitrogen and oxygen atoms in total. The van der Waals surface area contributed by atoms with Crippen LogP contribution in [-0.4, -0.2) is 58.0 Å². The van der Waals surface area contributed by atoms with Gasteiger partial charge in [0.05, 0.1) is 11.5 Å². The van der Waals surface area contributed by atoms with Gasteiger partial charge in [-0.15, -0.1) is 12.4 Å². The quantitative estimate of drug-likeness (QED) is 0.255. The van der Waals surface area contributed by atoms with E-state index in [-0.39, 0.29) is 30.7 Å². The molecule has 0 spiro atoms. The second kappa shape index (κ2) is 14.2. The molecule has 0 radical (unpaired) electrons. The van der Waals surface area contributed by atoms with Crippen molar-refractivity contribution >= 4 is 34.3 Å². The van der Waals surface area contributed by atoms with Crippen LogP contribution in [0.4, 0.5) is 0 Å². The Balaban J connectivity index is 0.00000456. The van der Waals surface area contributed by atoms with Gasteiger partial charge in [-0.1, -0.05) is 30.7 Å². The molecule has 2 aromatic rings. The van der Waals surface area contributed by atoms with Crippen LogP contribution in [0.15, 0.2) is 52.4 Å². The smallest absolute Gasteiger partial charge is 0.249 e. The molecule has 3 rings (SSSR count). The van der Waals surface area contributed by atoms with E-state index in [2.05, 4.69) is 4.99 Å². The second-order valence-corrected chi connectivity index (χ2v) is 10.4. The Morgan fingerprint density at radius 1 is 1.03 bits per heavy atom. The minimum atomic E-state index is -3.49. The first-order chi connectivity index (χ1) is 16.8. The number of hydrogen-bond donors (Lipinski definition) is 2. The summed E-state index contributed by atoms with van der Waals surface area (Å²) in [6.45, 7) is 2.16. The van der Waals surface area contributed by atoms with Crippen LogP contribution >= 0.6 is 12.4 Å². The number of piperidine rings is 1. The lowest BCUT2D eigenvalue weighted by Crippen LogP contribution is -2.35. The fourth-order valence-electron chi connectivity index (χ4n) is 3.98. The number of aryl methyl sites for hydroxylation is 1. The van der Waals surface area contributed by atoms with E-state index in [1.807, 2.05) is 18.2 Å². The van der Waals surface area contributed by atoms with Gasteiger partial charge in [0.25, 0.3) is 0 Å². The highest BCUT2D eigenvalue weighted by atomic mass is 35.5. The van der Waals surface area contributed by atoms with Gasteiger partial charge in [-0.3, -0.25) is 4.79 Å². The molecule has 0 unspecified atom stereocenters. The third kappa shape index (κ3) is 8.19. The van der Waals surface area contributed by atoms with Crippen molar-refractivity contribution in [2.45, 2.75) is 43.4 Å². The molecule has 198 valence electrons. The lowest BCUT2D eigenvalue weighted by Gasteiger charge is -2.26. The van der Waals surface area contributed by atoms with E-state index in [1.54, 1.807) is 35.7 Å². The number of guanidine groups is 1. The number of rotatable bonds is 11. The van der Waals surface area contributed by atoms with Gasteiger partial charge in [-0.25, -0.2) is 8.42 Å². The van der Waals surface area contributed by atoms with E-state index in [0.717, 1.165) is 42.4 Å². The molecule has 1 heterocycles. The first-order valence-electron chi connectivity index (χ1n) is 11.8. The molecule has 1 aliphatic heterocycles. The summed E-state index contributed by atoms with van der Waals surface area (Å²) in [6.07, 6.45) is 4.20. The molecule has 0 aromatic heterocycles. The van der Waals surface area contributed by atoms with Crippen LogP contribution in [0.2, 0.25) is 0 Å². The van der Waals surface area contributed by atoms with Crippen LogP contribution in [0.25, 0.3) is 11.1 Å². The van der Waals surface area contributed by atoms with Crippen molar-refractivity contribution in [2.75, 3.05) is 33.4 Å². The minimum absolute atomic E-state index is 0. The Labute approximate surface area is 219 Å². The minimum Gasteiger partial charge on any atom is -0.493 e. The number of carbonyl (C=O) groups excluding carboxylic acids is 1. The standard InChI is InChI=1S/C25H34N4O5S.ClH/c1-33-16-5-17-34-23-18-19(7-13-24(30)28-25(26)27)6-12-22(23)20-8-10-21(11-9-20)35(31,32)29-14-3-2-4-15-29;/h6,8-12,18H,2-5,7,13-17H2,1H3,(H4,26,27,28,30);1H. The van der Waals surface area contributed by atoms with Gasteiger partial charge in [-0.2, -0.15) is 9.30 Å². The fourth-order valence-corrected chi connectivity index (χ4v) is 5.49. The monoisotopic (exact) mass is 538 g/mol. The zero-order valence-corrected chi connectivity index (χ0v) is 22.2. The molecule has 36 heavy (non-hydrogen) atoms. The highest BCUT2D eigenvalue weighted by Gasteiger charge is 2.25. The van der Waals surface area contributed by atoms with Crippen LogP contribution in [-0.2, 0) is 26.0 Å². The van der Waals surface area contributed by atoms with Gasteiger partial charge in [0, 0.05) is 45.2 Å². The van der Waals surface area contributed by atoms with Gasteiger partial charge in [-0.05, 0) is 48.6 Å². The molecule has 1 saturated heterocycles. The van der Waals surface area contributed by atoms with Crippen molar-refractivity contribution in [2.24, 2.45) is 16.5 Å². The second-order valence-electron chi connectivity index (χ2n) is 8.44. The lowest BCUT2D eigenvalue weighted by molar-refractivity contribution is -0.117. The fraction of sp³-hybridized carbons (Fsp3) is 0.440. The molecular formula is C25H35ClN4O5S. The summed E-state index contributed by atoms with van der Waals surface area (Å²) < 4.78 is 38.7. The number of sulfonamides is 1. The number of hydrogen-bond acceptors (Lipinski definition) is 5. The van der Waals surface area contributed by atoms with Crippen molar-refractivity contribution in [1.82, 2.24) is 4.31 Å². The number of amides is 1. The summed E-state index contributed by atoms with van der Waals surface area (Å²) in [4.78, 5) is 15.7. The van der Waals surface area contributed by atoms with Gasteiger partial charge >= 0.3 is 0 Å². The van der Waals surface area contributed by atoms with E-state index >= 15 is 0 Å². The summed E-state index contributed by atoms with van der Waals surface area (Å²) in [5.74, 6) is 0.0138. The summed E-state index contributed by atoms with van der Waals surface area (Å²) in [7, 11) is -1.86. The number of benzene rings is 2. The van der Waals surface area contributed by atoms with Crippen molar-refractivity contribution in [3.8, 4) is 16.9 Å². The van der Waals surface area contributed by atoms with E-state index in [9.17, 15) is 13.2 Å². The van der Waals surface area contributed by atoms with Crippen molar-refractivity contribution in [3.63, 3.8) is 0 Å². The normalized spacial score (nSPS) is 14.0. The Morgan fingerprint density at radius 2 is 1.72 bits per heavy atom.